The molecular weight excluding hydrogens is 249 g/mol. The Balaban J connectivity index is 2.61. The second-order valence-electron chi connectivity index (χ2n) is 3.79. The summed E-state index contributed by atoms with van der Waals surface area (Å²) >= 11 is 1.46. The SMILES string of the molecule is C=C(O)/C=C(/C)N=C(C)SCc1ccccc1F. The van der Waals surface area contributed by atoms with Crippen LogP contribution < -0.4 is 0 Å². The maximum Gasteiger partial charge on any atom is 0.127 e. The Morgan fingerprint density at radius 3 is 2.72 bits per heavy atom. The maximum atomic E-state index is 13.4. The van der Waals surface area contributed by atoms with Gasteiger partial charge in [-0.2, -0.15) is 0 Å². The minimum Gasteiger partial charge on any atom is -0.509 e. The van der Waals surface area contributed by atoms with Gasteiger partial charge in [-0.05, 0) is 25.5 Å². The van der Waals surface area contributed by atoms with Crippen LogP contribution in [0.1, 0.15) is 19.4 Å². The minimum absolute atomic E-state index is 0.0249. The van der Waals surface area contributed by atoms with Crippen molar-refractivity contribution >= 4 is 16.8 Å². The molecule has 0 saturated heterocycles. The van der Waals surface area contributed by atoms with Crippen molar-refractivity contribution in [3.05, 3.63) is 59.8 Å². The topological polar surface area (TPSA) is 32.6 Å². The number of benzene rings is 1. The van der Waals surface area contributed by atoms with E-state index < -0.39 is 0 Å². The van der Waals surface area contributed by atoms with Gasteiger partial charge in [-0.25, -0.2) is 4.39 Å². The molecule has 0 aliphatic carbocycles. The van der Waals surface area contributed by atoms with Crippen molar-refractivity contribution in [3.8, 4) is 0 Å². The van der Waals surface area contributed by atoms with E-state index in [1.54, 1.807) is 19.1 Å². The van der Waals surface area contributed by atoms with E-state index in [4.69, 9.17) is 5.11 Å². The number of aliphatic imine (C=N–C) groups is 1. The first-order chi connectivity index (χ1) is 8.49. The van der Waals surface area contributed by atoms with Crippen LogP contribution in [0.3, 0.4) is 0 Å². The lowest BCUT2D eigenvalue weighted by Crippen LogP contribution is -1.91. The summed E-state index contributed by atoms with van der Waals surface area (Å²) in [5.74, 6) is 0.312. The number of hydrogen-bond acceptors (Lipinski definition) is 3. The molecule has 0 atom stereocenters. The quantitative estimate of drug-likeness (QED) is 0.377. The summed E-state index contributed by atoms with van der Waals surface area (Å²) in [6.45, 7) is 6.98. The van der Waals surface area contributed by atoms with Gasteiger partial charge in [0.25, 0.3) is 0 Å². The predicted octanol–water partition coefficient (Wildman–Crippen LogP) is 4.45. The van der Waals surface area contributed by atoms with E-state index in [0.29, 0.717) is 17.0 Å². The second kappa shape index (κ2) is 7.01. The highest BCUT2D eigenvalue weighted by molar-refractivity contribution is 8.13. The van der Waals surface area contributed by atoms with E-state index in [1.807, 2.05) is 13.0 Å². The fraction of sp³-hybridized carbons (Fsp3) is 0.214. The lowest BCUT2D eigenvalue weighted by molar-refractivity contribution is 0.434. The molecule has 0 saturated carbocycles. The molecule has 0 radical (unpaired) electrons. The minimum atomic E-state index is -0.200. The van der Waals surface area contributed by atoms with E-state index in [9.17, 15) is 4.39 Å². The summed E-state index contributed by atoms with van der Waals surface area (Å²) in [7, 11) is 0. The molecule has 0 aliphatic heterocycles. The molecule has 18 heavy (non-hydrogen) atoms. The summed E-state index contributed by atoms with van der Waals surface area (Å²) in [6.07, 6.45) is 1.48. The van der Waals surface area contributed by atoms with Gasteiger partial charge in [-0.15, -0.1) is 11.8 Å². The molecule has 0 bridgehead atoms. The van der Waals surface area contributed by atoms with Crippen LogP contribution in [0.25, 0.3) is 0 Å². The molecule has 0 unspecified atom stereocenters. The maximum absolute atomic E-state index is 13.4. The van der Waals surface area contributed by atoms with Gasteiger partial charge in [0, 0.05) is 17.5 Å². The van der Waals surface area contributed by atoms with Crippen LogP contribution in [0.4, 0.5) is 4.39 Å². The highest BCUT2D eigenvalue weighted by Crippen LogP contribution is 2.17. The van der Waals surface area contributed by atoms with E-state index >= 15 is 0 Å². The second-order valence-corrected chi connectivity index (χ2v) is 4.96. The van der Waals surface area contributed by atoms with Crippen molar-refractivity contribution in [2.45, 2.75) is 19.6 Å². The van der Waals surface area contributed by atoms with Gasteiger partial charge >= 0.3 is 0 Å². The normalized spacial score (nSPS) is 12.6. The van der Waals surface area contributed by atoms with Crippen LogP contribution in [0, 0.1) is 5.82 Å². The van der Waals surface area contributed by atoms with Crippen LogP contribution in [0.5, 0.6) is 0 Å². The summed E-state index contributed by atoms with van der Waals surface area (Å²) in [5.41, 5.74) is 1.33. The van der Waals surface area contributed by atoms with Crippen molar-refractivity contribution < 1.29 is 9.50 Å². The van der Waals surface area contributed by atoms with Crippen LogP contribution in [0.15, 0.2) is 53.4 Å². The van der Waals surface area contributed by atoms with E-state index in [0.717, 1.165) is 5.04 Å². The molecule has 0 fully saturated rings. The standard InChI is InChI=1S/C14H16FNOS/c1-10(8-11(2)17)16-12(3)18-9-13-6-4-5-7-14(13)15/h4-8,17H,2,9H2,1,3H3/b10-8-,16-12?. The Kier molecular flexibility index (Phi) is 5.65. The van der Waals surface area contributed by atoms with Crippen molar-refractivity contribution in [2.24, 2.45) is 4.99 Å². The highest BCUT2D eigenvalue weighted by atomic mass is 32.2. The third kappa shape index (κ3) is 5.19. The zero-order valence-corrected chi connectivity index (χ0v) is 11.3. The molecular formula is C14H16FNOS. The molecule has 0 aliphatic rings. The van der Waals surface area contributed by atoms with Gasteiger partial charge in [0.2, 0.25) is 0 Å². The van der Waals surface area contributed by atoms with Gasteiger partial charge in [-0.3, -0.25) is 4.99 Å². The number of aliphatic hydroxyl groups is 1. The molecule has 0 amide bonds. The van der Waals surface area contributed by atoms with E-state index in [-0.39, 0.29) is 11.6 Å². The van der Waals surface area contributed by atoms with Crippen molar-refractivity contribution in [3.63, 3.8) is 0 Å². The van der Waals surface area contributed by atoms with E-state index in [1.165, 1.54) is 23.9 Å². The molecule has 0 aromatic heterocycles. The highest BCUT2D eigenvalue weighted by Gasteiger charge is 2.02. The first kappa shape index (κ1) is 14.5. The average Bonchev–Trinajstić information content (AvgIpc) is 2.26. The monoisotopic (exact) mass is 265 g/mol. The Morgan fingerprint density at radius 1 is 1.44 bits per heavy atom. The van der Waals surface area contributed by atoms with Gasteiger partial charge < -0.3 is 5.11 Å². The Hall–Kier alpha value is -1.55. The van der Waals surface area contributed by atoms with Crippen molar-refractivity contribution in [2.75, 3.05) is 0 Å². The van der Waals surface area contributed by atoms with Crippen molar-refractivity contribution in [1.82, 2.24) is 0 Å². The lowest BCUT2D eigenvalue weighted by atomic mass is 10.2. The number of rotatable bonds is 4. The largest absolute Gasteiger partial charge is 0.509 e. The molecule has 0 heterocycles. The summed E-state index contributed by atoms with van der Waals surface area (Å²) < 4.78 is 13.4. The fourth-order valence-electron chi connectivity index (χ4n) is 1.35. The zero-order valence-electron chi connectivity index (χ0n) is 10.5. The van der Waals surface area contributed by atoms with Crippen LogP contribution in [-0.2, 0) is 5.75 Å². The summed E-state index contributed by atoms with van der Waals surface area (Å²) in [5, 5.41) is 9.80. The van der Waals surface area contributed by atoms with Gasteiger partial charge in [0.1, 0.15) is 11.6 Å². The third-order valence-corrected chi connectivity index (χ3v) is 3.07. The number of halogens is 1. The van der Waals surface area contributed by atoms with Crippen molar-refractivity contribution in [1.29, 1.82) is 0 Å². The first-order valence-corrected chi connectivity index (χ1v) is 6.45. The molecule has 1 aromatic carbocycles. The van der Waals surface area contributed by atoms with Gasteiger partial charge in [0.15, 0.2) is 0 Å². The molecule has 1 rings (SSSR count). The number of thioether (sulfide) groups is 1. The third-order valence-electron chi connectivity index (χ3n) is 2.10. The molecule has 4 heteroatoms. The van der Waals surface area contributed by atoms with Gasteiger partial charge in [0.05, 0.1) is 5.04 Å². The summed E-state index contributed by atoms with van der Waals surface area (Å²) in [6, 6.07) is 6.69. The van der Waals surface area contributed by atoms with Crippen LogP contribution in [-0.4, -0.2) is 10.2 Å². The molecule has 1 N–H and O–H groups in total. The van der Waals surface area contributed by atoms with Crippen LogP contribution >= 0.6 is 11.8 Å². The summed E-state index contributed by atoms with van der Waals surface area (Å²) in [4.78, 5) is 4.26. The lowest BCUT2D eigenvalue weighted by Gasteiger charge is -2.03. The molecule has 2 nitrogen and oxygen atoms in total. The Labute approximate surface area is 111 Å². The number of hydrogen-bond donors (Lipinski definition) is 1. The average molecular weight is 265 g/mol. The Bertz CT molecular complexity index is 494. The number of allylic oxidation sites excluding steroid dienone is 2. The van der Waals surface area contributed by atoms with Crippen LogP contribution in [0.2, 0.25) is 0 Å². The molecule has 0 spiro atoms. The predicted molar refractivity (Wildman–Crippen MR) is 76.3 cm³/mol. The van der Waals surface area contributed by atoms with E-state index in [2.05, 4.69) is 11.6 Å². The number of nitrogens with zero attached hydrogens (tertiary/aromatic N) is 1. The Morgan fingerprint density at radius 2 is 2.11 bits per heavy atom. The molecule has 1 aromatic rings. The smallest absolute Gasteiger partial charge is 0.127 e. The zero-order chi connectivity index (χ0) is 13.5. The fourth-order valence-corrected chi connectivity index (χ4v) is 2.16. The molecule has 96 valence electrons. The number of aliphatic hydroxyl groups excluding tert-OH is 1. The van der Waals surface area contributed by atoms with Gasteiger partial charge in [-0.1, -0.05) is 24.8 Å². The first-order valence-electron chi connectivity index (χ1n) is 5.46.